The maximum absolute atomic E-state index is 5.24. The van der Waals surface area contributed by atoms with E-state index in [1.807, 2.05) is 51.7 Å². The lowest BCUT2D eigenvalue weighted by Crippen LogP contribution is -2.02. The summed E-state index contributed by atoms with van der Waals surface area (Å²) in [4.78, 5) is 0.800. The third-order valence-corrected chi connectivity index (χ3v) is 6.38. The van der Waals surface area contributed by atoms with Crippen LogP contribution in [0.15, 0.2) is 54.6 Å². The molecule has 0 atom stereocenters. The maximum atomic E-state index is 5.24. The van der Waals surface area contributed by atoms with Crippen LogP contribution in [0.4, 0.5) is 0 Å². The number of benzene rings is 2. The average Bonchev–Trinajstić information content (AvgIpc) is 3.47. The lowest BCUT2D eigenvalue weighted by Gasteiger charge is -2.05. The van der Waals surface area contributed by atoms with E-state index in [0.29, 0.717) is 0 Å². The number of ether oxygens (including phenoxy) is 1. The molecule has 0 fully saturated rings. The van der Waals surface area contributed by atoms with Crippen molar-refractivity contribution >= 4 is 16.3 Å². The lowest BCUT2D eigenvalue weighted by atomic mass is 10.1. The van der Waals surface area contributed by atoms with E-state index >= 15 is 0 Å². The van der Waals surface area contributed by atoms with Gasteiger partial charge in [0.25, 0.3) is 0 Å². The van der Waals surface area contributed by atoms with Crippen LogP contribution in [0.2, 0.25) is 0 Å². The van der Waals surface area contributed by atoms with Crippen LogP contribution in [0.1, 0.15) is 22.8 Å². The van der Waals surface area contributed by atoms with Crippen LogP contribution in [0, 0.1) is 13.8 Å². The highest BCUT2D eigenvalue weighted by Gasteiger charge is 2.16. The molecular weight excluding hydrogens is 408 g/mol. The zero-order chi connectivity index (χ0) is 21.4. The Kier molecular flexibility index (Phi) is 4.99. The second-order valence-corrected chi connectivity index (χ2v) is 8.30. The summed E-state index contributed by atoms with van der Waals surface area (Å²) in [6.07, 6.45) is 1.58. The Hall–Kier alpha value is -3.52. The predicted molar refractivity (Wildman–Crippen MR) is 121 cm³/mol. The van der Waals surface area contributed by atoms with Crippen molar-refractivity contribution < 1.29 is 4.74 Å². The highest BCUT2D eigenvalue weighted by molar-refractivity contribution is 7.19. The topological polar surface area (TPSA) is 70.1 Å². The smallest absolute Gasteiger partial charge is 0.234 e. The summed E-state index contributed by atoms with van der Waals surface area (Å²) >= 11 is 1.53. The Balaban J connectivity index is 1.39. The highest BCUT2D eigenvalue weighted by Crippen LogP contribution is 2.27. The molecule has 0 aliphatic carbocycles. The first kappa shape index (κ1) is 19.4. The number of para-hydroxylation sites is 1. The van der Waals surface area contributed by atoms with Gasteiger partial charge in [0, 0.05) is 17.7 Å². The summed E-state index contributed by atoms with van der Waals surface area (Å²) in [5, 5.41) is 19.1. The fourth-order valence-corrected chi connectivity index (χ4v) is 4.62. The Labute approximate surface area is 184 Å². The number of fused-ring (bicyclic) bond motifs is 1. The Morgan fingerprint density at radius 2 is 1.68 bits per heavy atom. The molecule has 3 heterocycles. The van der Waals surface area contributed by atoms with Gasteiger partial charge in [-0.25, -0.2) is 4.68 Å². The van der Waals surface area contributed by atoms with Crippen LogP contribution >= 0.6 is 11.3 Å². The molecule has 0 spiro atoms. The zero-order valence-electron chi connectivity index (χ0n) is 17.6. The van der Waals surface area contributed by atoms with Crippen molar-refractivity contribution in [3.05, 3.63) is 77.4 Å². The first-order valence-corrected chi connectivity index (χ1v) is 10.9. The number of aromatic nitrogens is 6. The van der Waals surface area contributed by atoms with Gasteiger partial charge in [-0.15, -0.1) is 10.2 Å². The number of nitrogens with zero attached hydrogens (tertiary/aromatic N) is 6. The molecular formula is C23H22N6OS. The number of methoxy groups -OCH3 is 1. The molecule has 7 nitrogen and oxygen atoms in total. The molecule has 8 heteroatoms. The Bertz CT molecular complexity index is 1330. The van der Waals surface area contributed by atoms with E-state index in [-0.39, 0.29) is 0 Å². The Morgan fingerprint density at radius 3 is 2.42 bits per heavy atom. The highest BCUT2D eigenvalue weighted by atomic mass is 32.1. The van der Waals surface area contributed by atoms with Crippen molar-refractivity contribution in [3.8, 4) is 22.0 Å². The summed E-state index contributed by atoms with van der Waals surface area (Å²) in [5.41, 5.74) is 5.55. The second kappa shape index (κ2) is 7.96. The monoisotopic (exact) mass is 430 g/mol. The molecule has 0 aliphatic heterocycles. The van der Waals surface area contributed by atoms with Gasteiger partial charge in [-0.1, -0.05) is 29.5 Å². The molecule has 156 valence electrons. The molecule has 0 saturated heterocycles. The van der Waals surface area contributed by atoms with Gasteiger partial charge in [-0.05, 0) is 62.2 Å². The Morgan fingerprint density at radius 1 is 0.903 bits per heavy atom. The van der Waals surface area contributed by atoms with Gasteiger partial charge < -0.3 is 4.74 Å². The maximum Gasteiger partial charge on any atom is 0.234 e. The fourth-order valence-electron chi connectivity index (χ4n) is 3.76. The quantitative estimate of drug-likeness (QED) is 0.398. The zero-order valence-corrected chi connectivity index (χ0v) is 18.4. The number of aryl methyl sites for hydroxylation is 2. The first-order chi connectivity index (χ1) is 15.1. The molecule has 0 amide bonds. The molecule has 0 unspecified atom stereocenters. The molecule has 0 aliphatic rings. The van der Waals surface area contributed by atoms with E-state index in [2.05, 4.69) is 36.2 Å². The van der Waals surface area contributed by atoms with Gasteiger partial charge in [0.2, 0.25) is 4.96 Å². The lowest BCUT2D eigenvalue weighted by molar-refractivity contribution is 0.415. The van der Waals surface area contributed by atoms with Crippen molar-refractivity contribution in [1.29, 1.82) is 0 Å². The van der Waals surface area contributed by atoms with Crippen LogP contribution < -0.4 is 4.74 Å². The van der Waals surface area contributed by atoms with E-state index < -0.39 is 0 Å². The molecule has 0 bridgehead atoms. The summed E-state index contributed by atoms with van der Waals surface area (Å²) in [7, 11) is 1.66. The van der Waals surface area contributed by atoms with Crippen LogP contribution in [0.25, 0.3) is 21.2 Å². The van der Waals surface area contributed by atoms with E-state index in [9.17, 15) is 0 Å². The van der Waals surface area contributed by atoms with Crippen molar-refractivity contribution in [2.45, 2.75) is 26.7 Å². The second-order valence-electron chi connectivity index (χ2n) is 7.34. The minimum Gasteiger partial charge on any atom is -0.497 e. The van der Waals surface area contributed by atoms with Gasteiger partial charge in [-0.3, -0.25) is 0 Å². The summed E-state index contributed by atoms with van der Waals surface area (Å²) in [5.74, 6) is 1.69. The van der Waals surface area contributed by atoms with Crippen molar-refractivity contribution in [3.63, 3.8) is 0 Å². The van der Waals surface area contributed by atoms with E-state index in [0.717, 1.165) is 57.0 Å². The fraction of sp³-hybridized carbons (Fsp3) is 0.217. The SMILES string of the molecule is COc1ccc(-c2nn3c(CCc4c(C)nn(-c5ccccc5)c4C)nnc3s2)cc1. The van der Waals surface area contributed by atoms with Gasteiger partial charge in [0.1, 0.15) is 10.8 Å². The number of hydrogen-bond donors (Lipinski definition) is 0. The van der Waals surface area contributed by atoms with Gasteiger partial charge in [0.15, 0.2) is 5.82 Å². The largest absolute Gasteiger partial charge is 0.497 e. The van der Waals surface area contributed by atoms with Crippen LogP contribution in [0.3, 0.4) is 0 Å². The first-order valence-electron chi connectivity index (χ1n) is 10.1. The van der Waals surface area contributed by atoms with Crippen LogP contribution in [0.5, 0.6) is 5.75 Å². The summed E-state index contributed by atoms with van der Waals surface area (Å²) < 4.78 is 9.11. The van der Waals surface area contributed by atoms with E-state index in [4.69, 9.17) is 14.9 Å². The van der Waals surface area contributed by atoms with Gasteiger partial charge in [-0.2, -0.15) is 14.7 Å². The van der Waals surface area contributed by atoms with E-state index in [1.54, 1.807) is 7.11 Å². The van der Waals surface area contributed by atoms with Gasteiger partial charge in [0.05, 0.1) is 18.5 Å². The number of rotatable bonds is 6. The summed E-state index contributed by atoms with van der Waals surface area (Å²) in [6.45, 7) is 4.18. The third-order valence-electron chi connectivity index (χ3n) is 5.43. The predicted octanol–water partition coefficient (Wildman–Crippen LogP) is 4.45. The standard InChI is InChI=1S/C23H22N6OS/c1-15-20(16(2)28(26-15)18-7-5-4-6-8-18)13-14-21-24-25-23-29(21)27-22(31-23)17-9-11-19(30-3)12-10-17/h4-12H,13-14H2,1-3H3. The van der Waals surface area contributed by atoms with Crippen molar-refractivity contribution in [1.82, 2.24) is 29.6 Å². The molecule has 0 N–H and O–H groups in total. The molecule has 5 aromatic rings. The number of hydrogen-bond acceptors (Lipinski definition) is 6. The minimum absolute atomic E-state index is 0.745. The van der Waals surface area contributed by atoms with Crippen molar-refractivity contribution in [2.24, 2.45) is 0 Å². The normalized spacial score (nSPS) is 11.3. The molecule has 31 heavy (non-hydrogen) atoms. The third kappa shape index (κ3) is 3.59. The molecule has 5 rings (SSSR count). The van der Waals surface area contributed by atoms with Crippen molar-refractivity contribution in [2.75, 3.05) is 7.11 Å². The van der Waals surface area contributed by atoms with Crippen LogP contribution in [-0.4, -0.2) is 36.7 Å². The van der Waals surface area contributed by atoms with Crippen LogP contribution in [-0.2, 0) is 12.8 Å². The summed E-state index contributed by atoms with van der Waals surface area (Å²) in [6, 6.07) is 18.1. The minimum atomic E-state index is 0.745. The van der Waals surface area contributed by atoms with E-state index in [1.165, 1.54) is 16.9 Å². The molecule has 3 aromatic heterocycles. The molecule has 2 aromatic carbocycles. The molecule has 0 radical (unpaired) electrons. The molecule has 0 saturated carbocycles. The van der Waals surface area contributed by atoms with Gasteiger partial charge >= 0.3 is 0 Å². The average molecular weight is 431 g/mol.